The van der Waals surface area contributed by atoms with Crippen LogP contribution in [-0.2, 0) is 26.2 Å². The lowest BCUT2D eigenvalue weighted by atomic mass is 10.1. The molecule has 7 nitrogen and oxygen atoms in total. The molecule has 39 heavy (non-hydrogen) atoms. The number of amides is 2. The largest absolute Gasteiger partial charge is 0.352 e. The van der Waals surface area contributed by atoms with Gasteiger partial charge < -0.3 is 10.2 Å². The van der Waals surface area contributed by atoms with E-state index in [0.29, 0.717) is 23.4 Å². The van der Waals surface area contributed by atoms with Crippen molar-refractivity contribution in [3.63, 3.8) is 0 Å². The molecule has 0 aliphatic heterocycles. The van der Waals surface area contributed by atoms with Gasteiger partial charge in [-0.3, -0.25) is 13.9 Å². The Morgan fingerprint density at radius 1 is 0.923 bits per heavy atom. The first-order valence-electron chi connectivity index (χ1n) is 12.7. The molecule has 0 unspecified atom stereocenters. The monoisotopic (exact) mass is 573 g/mol. The first-order chi connectivity index (χ1) is 18.6. The molecule has 3 aromatic carbocycles. The van der Waals surface area contributed by atoms with Gasteiger partial charge in [0.1, 0.15) is 18.4 Å². The van der Waals surface area contributed by atoms with Crippen molar-refractivity contribution < 1.29 is 22.4 Å². The molecule has 0 saturated carbocycles. The van der Waals surface area contributed by atoms with Crippen molar-refractivity contribution in [1.82, 2.24) is 10.2 Å². The Morgan fingerprint density at radius 3 is 2.13 bits per heavy atom. The van der Waals surface area contributed by atoms with Gasteiger partial charge in [-0.1, -0.05) is 61.8 Å². The molecular formula is C29H33ClFN3O4S. The molecule has 0 aromatic heterocycles. The van der Waals surface area contributed by atoms with Crippen molar-refractivity contribution in [1.29, 1.82) is 0 Å². The number of hydrogen-bond acceptors (Lipinski definition) is 4. The summed E-state index contributed by atoms with van der Waals surface area (Å²) in [5.74, 6) is -1.49. The van der Waals surface area contributed by atoms with Crippen LogP contribution in [0.1, 0.15) is 39.2 Å². The molecule has 10 heteroatoms. The maximum atomic E-state index is 14.0. The number of halogens is 2. The minimum Gasteiger partial charge on any atom is -0.352 e. The zero-order valence-corrected chi connectivity index (χ0v) is 23.8. The molecule has 0 radical (unpaired) electrons. The van der Waals surface area contributed by atoms with Crippen LogP contribution in [0.2, 0.25) is 5.02 Å². The molecule has 1 N–H and O–H groups in total. The van der Waals surface area contributed by atoms with Crippen LogP contribution in [0.5, 0.6) is 0 Å². The fourth-order valence-corrected chi connectivity index (χ4v) is 5.66. The first kappa shape index (κ1) is 30.1. The Morgan fingerprint density at radius 2 is 1.54 bits per heavy atom. The van der Waals surface area contributed by atoms with E-state index in [0.717, 1.165) is 16.4 Å². The molecule has 0 aliphatic rings. The van der Waals surface area contributed by atoms with Gasteiger partial charge in [0.05, 0.1) is 10.6 Å². The van der Waals surface area contributed by atoms with E-state index in [9.17, 15) is 22.4 Å². The van der Waals surface area contributed by atoms with Gasteiger partial charge in [-0.2, -0.15) is 0 Å². The quantitative estimate of drug-likeness (QED) is 0.314. The van der Waals surface area contributed by atoms with Crippen molar-refractivity contribution in [2.45, 2.75) is 57.1 Å². The molecule has 2 amide bonds. The minimum atomic E-state index is -4.22. The summed E-state index contributed by atoms with van der Waals surface area (Å²) in [5.41, 5.74) is 0.727. The zero-order chi connectivity index (χ0) is 28.6. The van der Waals surface area contributed by atoms with Crippen LogP contribution in [0.25, 0.3) is 0 Å². The number of nitrogens with one attached hydrogen (secondary N) is 1. The Hall–Kier alpha value is -3.43. The van der Waals surface area contributed by atoms with Crippen LogP contribution in [-0.4, -0.2) is 43.8 Å². The zero-order valence-electron chi connectivity index (χ0n) is 22.2. The number of carbonyl (C=O) groups is 2. The summed E-state index contributed by atoms with van der Waals surface area (Å²) in [5, 5.41) is 3.34. The maximum Gasteiger partial charge on any atom is 0.264 e. The molecule has 0 aliphatic carbocycles. The van der Waals surface area contributed by atoms with E-state index in [1.807, 2.05) is 13.8 Å². The highest BCUT2D eigenvalue weighted by atomic mass is 35.5. The minimum absolute atomic E-state index is 0.00637. The van der Waals surface area contributed by atoms with E-state index in [1.54, 1.807) is 49.4 Å². The van der Waals surface area contributed by atoms with Crippen LogP contribution in [0.4, 0.5) is 10.1 Å². The van der Waals surface area contributed by atoms with Crippen LogP contribution in [0.3, 0.4) is 0 Å². The Bertz CT molecular complexity index is 1370. The normalized spacial score (nSPS) is 12.8. The van der Waals surface area contributed by atoms with E-state index >= 15 is 0 Å². The highest BCUT2D eigenvalue weighted by Gasteiger charge is 2.34. The molecule has 2 atom stereocenters. The summed E-state index contributed by atoms with van der Waals surface area (Å²) >= 11 is 6.40. The fraction of sp³-hybridized carbons (Fsp3) is 0.310. The number of carbonyl (C=O) groups excluding carboxylic acids is 2. The Balaban J connectivity index is 2.05. The van der Waals surface area contributed by atoms with Gasteiger partial charge in [0.15, 0.2) is 0 Å². The summed E-state index contributed by atoms with van der Waals surface area (Å²) < 4.78 is 42.1. The predicted molar refractivity (Wildman–Crippen MR) is 151 cm³/mol. The Kier molecular flexibility index (Phi) is 10.5. The van der Waals surface area contributed by atoms with Gasteiger partial charge in [-0.05, 0) is 67.8 Å². The summed E-state index contributed by atoms with van der Waals surface area (Å²) in [6.45, 7) is 4.97. The maximum absolute atomic E-state index is 14.0. The SMILES string of the molecule is CC[C@@H](C)NC(=O)[C@@H](CC)N(Cc1ccccc1Cl)C(=O)CN(c1ccc(F)cc1)S(=O)(=O)c1ccccc1. The first-order valence-corrected chi connectivity index (χ1v) is 14.6. The third kappa shape index (κ3) is 7.58. The lowest BCUT2D eigenvalue weighted by Crippen LogP contribution is -2.53. The van der Waals surface area contributed by atoms with Crippen molar-refractivity contribution in [3.05, 3.63) is 95.3 Å². The second-order valence-electron chi connectivity index (χ2n) is 9.16. The van der Waals surface area contributed by atoms with Gasteiger partial charge in [0.25, 0.3) is 10.0 Å². The second kappa shape index (κ2) is 13.6. The smallest absolute Gasteiger partial charge is 0.264 e. The number of benzene rings is 3. The topological polar surface area (TPSA) is 86.8 Å². The van der Waals surface area contributed by atoms with Crippen LogP contribution >= 0.6 is 11.6 Å². The van der Waals surface area contributed by atoms with Gasteiger partial charge in [-0.15, -0.1) is 0 Å². The highest BCUT2D eigenvalue weighted by molar-refractivity contribution is 7.92. The summed E-state index contributed by atoms with van der Waals surface area (Å²) in [4.78, 5) is 28.6. The van der Waals surface area contributed by atoms with E-state index in [2.05, 4.69) is 5.32 Å². The average molecular weight is 574 g/mol. The van der Waals surface area contributed by atoms with E-state index in [-0.39, 0.29) is 29.1 Å². The number of anilines is 1. The number of sulfonamides is 1. The van der Waals surface area contributed by atoms with Gasteiger partial charge in [-0.25, -0.2) is 12.8 Å². The molecular weight excluding hydrogens is 541 g/mol. The van der Waals surface area contributed by atoms with Crippen molar-refractivity contribution in [2.75, 3.05) is 10.8 Å². The summed E-state index contributed by atoms with van der Waals surface area (Å²) in [6.07, 6.45) is 0.995. The summed E-state index contributed by atoms with van der Waals surface area (Å²) in [6, 6.07) is 18.5. The lowest BCUT2D eigenvalue weighted by Gasteiger charge is -2.34. The molecule has 0 bridgehead atoms. The van der Waals surface area contributed by atoms with Gasteiger partial charge in [0.2, 0.25) is 11.8 Å². The predicted octanol–water partition coefficient (Wildman–Crippen LogP) is 5.40. The van der Waals surface area contributed by atoms with Gasteiger partial charge in [0, 0.05) is 17.6 Å². The standard InChI is InChI=1S/C29H33ClFN3O4S/c1-4-21(3)32-29(36)27(5-2)33(19-22-11-9-10-14-26(22)30)28(35)20-34(24-17-15-23(31)16-18-24)39(37,38)25-12-7-6-8-13-25/h6-18,21,27H,4-5,19-20H2,1-3H3,(H,32,36)/t21-,27-/m1/s1. The fourth-order valence-electron chi connectivity index (χ4n) is 4.03. The van der Waals surface area contributed by atoms with E-state index < -0.39 is 34.3 Å². The average Bonchev–Trinajstić information content (AvgIpc) is 2.93. The summed E-state index contributed by atoms with van der Waals surface area (Å²) in [7, 11) is -4.22. The molecule has 0 fully saturated rings. The van der Waals surface area contributed by atoms with Crippen molar-refractivity contribution in [3.8, 4) is 0 Å². The number of hydrogen-bond donors (Lipinski definition) is 1. The van der Waals surface area contributed by atoms with Crippen molar-refractivity contribution >= 4 is 39.1 Å². The van der Waals surface area contributed by atoms with E-state index in [1.165, 1.54) is 29.2 Å². The number of rotatable bonds is 12. The molecule has 0 spiro atoms. The molecule has 0 saturated heterocycles. The van der Waals surface area contributed by atoms with Crippen molar-refractivity contribution in [2.24, 2.45) is 0 Å². The Labute approximate surface area is 234 Å². The second-order valence-corrected chi connectivity index (χ2v) is 11.4. The third-order valence-corrected chi connectivity index (χ3v) is 8.57. The number of nitrogens with zero attached hydrogens (tertiary/aromatic N) is 2. The van der Waals surface area contributed by atoms with Gasteiger partial charge >= 0.3 is 0 Å². The molecule has 3 aromatic rings. The lowest BCUT2D eigenvalue weighted by molar-refractivity contribution is -0.140. The third-order valence-electron chi connectivity index (χ3n) is 6.41. The molecule has 208 valence electrons. The van der Waals surface area contributed by atoms with Crippen LogP contribution in [0.15, 0.2) is 83.8 Å². The van der Waals surface area contributed by atoms with E-state index in [4.69, 9.17) is 11.6 Å². The van der Waals surface area contributed by atoms with Crippen LogP contribution in [0, 0.1) is 5.82 Å². The van der Waals surface area contributed by atoms with Crippen LogP contribution < -0.4 is 9.62 Å². The molecule has 3 rings (SSSR count). The molecule has 0 heterocycles. The highest BCUT2D eigenvalue weighted by Crippen LogP contribution is 2.26.